The Balaban J connectivity index is 1.69. The first-order chi connectivity index (χ1) is 12.7. The van der Waals surface area contributed by atoms with E-state index >= 15 is 0 Å². The van der Waals surface area contributed by atoms with Crippen LogP contribution in [0, 0.1) is 0 Å². The van der Waals surface area contributed by atoms with Gasteiger partial charge in [-0.3, -0.25) is 9.59 Å². The van der Waals surface area contributed by atoms with Crippen molar-refractivity contribution in [3.63, 3.8) is 0 Å². The Morgan fingerprint density at radius 3 is 2.58 bits per heavy atom. The third-order valence-electron chi connectivity index (χ3n) is 3.73. The quantitative estimate of drug-likeness (QED) is 0.674. The molecule has 1 N–H and O–H groups in total. The number of amides is 1. The van der Waals surface area contributed by atoms with Gasteiger partial charge in [0.1, 0.15) is 5.76 Å². The molecule has 0 fully saturated rings. The van der Waals surface area contributed by atoms with E-state index in [1.165, 1.54) is 0 Å². The summed E-state index contributed by atoms with van der Waals surface area (Å²) in [5, 5.41) is 2.78. The summed E-state index contributed by atoms with van der Waals surface area (Å²) in [6.45, 7) is 2.11. The van der Waals surface area contributed by atoms with E-state index < -0.39 is 0 Å². The molecule has 3 aromatic rings. The van der Waals surface area contributed by atoms with Gasteiger partial charge in [0.15, 0.2) is 5.76 Å². The van der Waals surface area contributed by atoms with Gasteiger partial charge in [-0.25, -0.2) is 0 Å². The van der Waals surface area contributed by atoms with Crippen molar-refractivity contribution in [3.8, 4) is 11.3 Å². The number of ether oxygens (including phenoxy) is 1. The van der Waals surface area contributed by atoms with Crippen LogP contribution in [0.3, 0.4) is 0 Å². The standard InChI is InChI=1S/C21H19NO4/c1-2-25-20(23)14-15-7-6-10-17(13-15)22-21(24)19-12-11-18(26-19)16-8-4-3-5-9-16/h3-13H,2,14H2,1H3,(H,22,24). The van der Waals surface area contributed by atoms with Crippen molar-refractivity contribution in [1.82, 2.24) is 0 Å². The largest absolute Gasteiger partial charge is 0.466 e. The van der Waals surface area contributed by atoms with Gasteiger partial charge in [-0.15, -0.1) is 0 Å². The average molecular weight is 349 g/mol. The lowest BCUT2D eigenvalue weighted by molar-refractivity contribution is -0.142. The first-order valence-corrected chi connectivity index (χ1v) is 8.37. The number of rotatable bonds is 6. The van der Waals surface area contributed by atoms with Crippen LogP contribution in [0.5, 0.6) is 0 Å². The molecule has 0 bridgehead atoms. The minimum atomic E-state index is -0.347. The highest BCUT2D eigenvalue weighted by Crippen LogP contribution is 2.22. The molecule has 0 radical (unpaired) electrons. The predicted octanol–water partition coefficient (Wildman–Crippen LogP) is 4.30. The van der Waals surface area contributed by atoms with Gasteiger partial charge in [-0.1, -0.05) is 42.5 Å². The second-order valence-electron chi connectivity index (χ2n) is 5.67. The number of esters is 1. The van der Waals surface area contributed by atoms with Crippen molar-refractivity contribution < 1.29 is 18.7 Å². The molecule has 1 aromatic heterocycles. The third-order valence-corrected chi connectivity index (χ3v) is 3.73. The lowest BCUT2D eigenvalue weighted by atomic mass is 10.1. The summed E-state index contributed by atoms with van der Waals surface area (Å²) in [4.78, 5) is 24.0. The molecule has 5 nitrogen and oxygen atoms in total. The Bertz CT molecular complexity index is 899. The van der Waals surface area contributed by atoms with Crippen LogP contribution in [0.4, 0.5) is 5.69 Å². The van der Waals surface area contributed by atoms with Crippen LogP contribution in [0.25, 0.3) is 11.3 Å². The summed E-state index contributed by atoms with van der Waals surface area (Å²) < 4.78 is 10.6. The van der Waals surface area contributed by atoms with Crippen LogP contribution >= 0.6 is 0 Å². The van der Waals surface area contributed by atoms with Gasteiger partial charge in [0, 0.05) is 11.3 Å². The fraction of sp³-hybridized carbons (Fsp3) is 0.143. The number of carbonyl (C=O) groups excluding carboxylic acids is 2. The molecule has 0 spiro atoms. The first-order valence-electron chi connectivity index (χ1n) is 8.37. The molecular formula is C21H19NO4. The summed E-state index contributed by atoms with van der Waals surface area (Å²) in [5.41, 5.74) is 2.27. The maximum atomic E-state index is 12.4. The van der Waals surface area contributed by atoms with Crippen molar-refractivity contribution >= 4 is 17.6 Å². The molecule has 0 saturated heterocycles. The average Bonchev–Trinajstić information content (AvgIpc) is 3.13. The Labute approximate surface area is 151 Å². The second kappa shape index (κ2) is 8.16. The molecule has 0 atom stereocenters. The van der Waals surface area contributed by atoms with Gasteiger partial charge in [-0.2, -0.15) is 0 Å². The van der Waals surface area contributed by atoms with E-state index in [0.717, 1.165) is 11.1 Å². The lowest BCUT2D eigenvalue weighted by Crippen LogP contribution is -2.12. The molecule has 0 aliphatic carbocycles. The fourth-order valence-corrected chi connectivity index (χ4v) is 2.55. The van der Waals surface area contributed by atoms with E-state index in [1.807, 2.05) is 36.4 Å². The zero-order valence-electron chi connectivity index (χ0n) is 14.4. The summed E-state index contributed by atoms with van der Waals surface area (Å²) in [5.74, 6) is 0.210. The van der Waals surface area contributed by atoms with Crippen LogP contribution in [-0.2, 0) is 16.0 Å². The van der Waals surface area contributed by atoms with Gasteiger partial charge < -0.3 is 14.5 Å². The van der Waals surface area contributed by atoms with Crippen LogP contribution < -0.4 is 5.32 Å². The Hall–Kier alpha value is -3.34. The van der Waals surface area contributed by atoms with E-state index in [1.54, 1.807) is 37.3 Å². The highest BCUT2D eigenvalue weighted by atomic mass is 16.5. The van der Waals surface area contributed by atoms with Crippen molar-refractivity contribution in [3.05, 3.63) is 78.1 Å². The molecule has 0 aliphatic rings. The predicted molar refractivity (Wildman–Crippen MR) is 98.9 cm³/mol. The third kappa shape index (κ3) is 4.39. The summed E-state index contributed by atoms with van der Waals surface area (Å²) in [6.07, 6.45) is 0.163. The Kier molecular flexibility index (Phi) is 5.49. The van der Waals surface area contributed by atoms with Gasteiger partial charge in [0.2, 0.25) is 0 Å². The zero-order chi connectivity index (χ0) is 18.4. The molecule has 0 aliphatic heterocycles. The maximum absolute atomic E-state index is 12.4. The normalized spacial score (nSPS) is 10.3. The molecule has 132 valence electrons. The summed E-state index contributed by atoms with van der Waals surface area (Å²) in [6, 6.07) is 20.1. The van der Waals surface area contributed by atoms with Gasteiger partial charge in [0.25, 0.3) is 5.91 Å². The van der Waals surface area contributed by atoms with Gasteiger partial charge in [-0.05, 0) is 36.8 Å². The number of carbonyl (C=O) groups is 2. The van der Waals surface area contributed by atoms with Crippen molar-refractivity contribution in [2.45, 2.75) is 13.3 Å². The van der Waals surface area contributed by atoms with Crippen LogP contribution in [0.2, 0.25) is 0 Å². The molecule has 1 amide bonds. The van der Waals surface area contributed by atoms with Gasteiger partial charge >= 0.3 is 5.97 Å². The van der Waals surface area contributed by atoms with E-state index in [9.17, 15) is 9.59 Å². The minimum absolute atomic E-state index is 0.163. The Morgan fingerprint density at radius 1 is 1.00 bits per heavy atom. The van der Waals surface area contributed by atoms with Crippen molar-refractivity contribution in [1.29, 1.82) is 0 Å². The maximum Gasteiger partial charge on any atom is 0.310 e. The summed E-state index contributed by atoms with van der Waals surface area (Å²) >= 11 is 0. The molecule has 0 saturated carbocycles. The molecule has 2 aromatic carbocycles. The monoisotopic (exact) mass is 349 g/mol. The molecule has 1 heterocycles. The minimum Gasteiger partial charge on any atom is -0.466 e. The number of benzene rings is 2. The van der Waals surface area contributed by atoms with E-state index in [4.69, 9.17) is 9.15 Å². The number of furan rings is 1. The van der Waals surface area contributed by atoms with Crippen molar-refractivity contribution in [2.24, 2.45) is 0 Å². The number of hydrogen-bond donors (Lipinski definition) is 1. The number of hydrogen-bond acceptors (Lipinski definition) is 4. The SMILES string of the molecule is CCOC(=O)Cc1cccc(NC(=O)c2ccc(-c3ccccc3)o2)c1. The highest BCUT2D eigenvalue weighted by molar-refractivity contribution is 6.02. The summed E-state index contributed by atoms with van der Waals surface area (Å²) in [7, 11) is 0. The second-order valence-corrected chi connectivity index (χ2v) is 5.67. The molecule has 26 heavy (non-hydrogen) atoms. The molecule has 5 heteroatoms. The molecule has 3 rings (SSSR count). The molecular weight excluding hydrogens is 330 g/mol. The van der Waals surface area contributed by atoms with E-state index in [-0.39, 0.29) is 24.1 Å². The number of nitrogens with one attached hydrogen (secondary N) is 1. The highest BCUT2D eigenvalue weighted by Gasteiger charge is 2.13. The lowest BCUT2D eigenvalue weighted by Gasteiger charge is -2.06. The number of anilines is 1. The first kappa shape index (κ1) is 17.5. The van der Waals surface area contributed by atoms with Crippen LogP contribution in [0.15, 0.2) is 71.1 Å². The van der Waals surface area contributed by atoms with E-state index in [0.29, 0.717) is 18.1 Å². The van der Waals surface area contributed by atoms with Gasteiger partial charge in [0.05, 0.1) is 13.0 Å². The van der Waals surface area contributed by atoms with E-state index in [2.05, 4.69) is 5.32 Å². The smallest absolute Gasteiger partial charge is 0.310 e. The zero-order valence-corrected chi connectivity index (χ0v) is 14.4. The Morgan fingerprint density at radius 2 is 1.81 bits per heavy atom. The topological polar surface area (TPSA) is 68.5 Å². The fourth-order valence-electron chi connectivity index (χ4n) is 2.55. The van der Waals surface area contributed by atoms with Crippen molar-refractivity contribution in [2.75, 3.05) is 11.9 Å². The van der Waals surface area contributed by atoms with Crippen LogP contribution in [-0.4, -0.2) is 18.5 Å². The molecule has 0 unspecified atom stereocenters. The van der Waals surface area contributed by atoms with Crippen LogP contribution in [0.1, 0.15) is 23.0 Å².